The molecule has 20 heteroatoms. The van der Waals surface area contributed by atoms with Crippen LogP contribution in [-0.4, -0.2) is 180 Å². The van der Waals surface area contributed by atoms with E-state index in [0.29, 0.717) is 92.7 Å². The van der Waals surface area contributed by atoms with Crippen molar-refractivity contribution in [1.29, 1.82) is 5.26 Å². The first kappa shape index (κ1) is 52.5. The fourth-order valence-electron chi connectivity index (χ4n) is 12.3. The van der Waals surface area contributed by atoms with Crippen molar-refractivity contribution in [2.24, 2.45) is 5.92 Å². The van der Waals surface area contributed by atoms with E-state index in [1.54, 1.807) is 17.9 Å². The molecule has 0 radical (unpaired) electrons. The molecule has 3 atom stereocenters. The van der Waals surface area contributed by atoms with Gasteiger partial charge >= 0.3 is 12.0 Å². The molecule has 0 saturated carbocycles. The van der Waals surface area contributed by atoms with Gasteiger partial charge in [-0.3, -0.25) is 24.3 Å². The number of aromatic hydroxyl groups is 3. The number of piperidine rings is 1. The van der Waals surface area contributed by atoms with Gasteiger partial charge in [0.1, 0.15) is 23.9 Å². The van der Waals surface area contributed by atoms with Gasteiger partial charge in [-0.05, 0) is 106 Å². The van der Waals surface area contributed by atoms with Gasteiger partial charge in [-0.25, -0.2) is 4.57 Å². The smallest absolute Gasteiger partial charge is 0.319 e. The number of hydrogen-bond acceptors (Lipinski definition) is 16. The molecule has 11 rings (SSSR count). The van der Waals surface area contributed by atoms with E-state index in [1.807, 2.05) is 41.3 Å². The summed E-state index contributed by atoms with van der Waals surface area (Å²) in [5.41, 5.74) is 5.60. The van der Waals surface area contributed by atoms with Crippen molar-refractivity contribution in [2.45, 2.75) is 70.2 Å². The Hall–Kier alpha value is -7.50. The van der Waals surface area contributed by atoms with Gasteiger partial charge in [0.15, 0.2) is 5.82 Å². The maximum absolute atomic E-state index is 14.0. The lowest BCUT2D eigenvalue weighted by Gasteiger charge is -2.42. The normalized spacial score (nSPS) is 20.7. The van der Waals surface area contributed by atoms with Gasteiger partial charge in [0.05, 0.1) is 47.0 Å². The lowest BCUT2D eigenvalue weighted by atomic mass is 9.93. The van der Waals surface area contributed by atoms with Crippen LogP contribution in [-0.2, 0) is 29.1 Å². The number of likely N-dealkylation sites (N-methyl/N-ethyl adjacent to an activating group) is 1. The molecule has 2 amide bonds. The topological polar surface area (TPSA) is 207 Å². The molecule has 4 saturated heterocycles. The van der Waals surface area contributed by atoms with Crippen LogP contribution in [0.25, 0.3) is 27.8 Å². The summed E-state index contributed by atoms with van der Waals surface area (Å²) in [6.07, 6.45) is 4.82. The number of benzene rings is 4. The second kappa shape index (κ2) is 22.5. The van der Waals surface area contributed by atoms with Crippen LogP contribution in [0.4, 0.5) is 11.5 Å². The minimum Gasteiger partial charge on any atom is -0.508 e. The van der Waals surface area contributed by atoms with Gasteiger partial charge in [0, 0.05) is 106 Å². The zero-order chi connectivity index (χ0) is 54.2. The molecule has 5 aliphatic rings. The van der Waals surface area contributed by atoms with Gasteiger partial charge in [0.25, 0.3) is 0 Å². The minimum absolute atomic E-state index is 0.00879. The largest absolute Gasteiger partial charge is 0.508 e. The van der Waals surface area contributed by atoms with Crippen molar-refractivity contribution in [3.63, 3.8) is 0 Å². The number of carbonyl (C=O) groups is 2. The molecule has 3 N–H and O–H groups in total. The number of nitriles is 1. The minimum atomic E-state index is -0.317. The molecule has 5 aliphatic heterocycles. The molecule has 19 nitrogen and oxygen atoms in total. The van der Waals surface area contributed by atoms with Gasteiger partial charge < -0.3 is 39.7 Å². The molecule has 6 aromatic rings. The van der Waals surface area contributed by atoms with Crippen LogP contribution in [0, 0.1) is 24.2 Å². The molecule has 7 heterocycles. The zero-order valence-electron chi connectivity index (χ0n) is 44.2. The number of carbonyl (C=O) groups excluding carboxylic acids is 2. The first-order valence-electron chi connectivity index (χ1n) is 27.1. The van der Waals surface area contributed by atoms with Crippen molar-refractivity contribution in [3.05, 3.63) is 113 Å². The number of aryl methyl sites for hydroxylation is 1. The molecule has 406 valence electrons. The standard InChI is InChI=1S/C58H66ClN13O6/c1-4-52(75)71-28-27-70(34-42(71)15-19-60)54-45-18-22-69(49-10-6-8-39-7-5-9-47(59)53(39)49)35-48(45)61-57(62-54)78-36-44-30-43(33-65(44)3)67-20-16-40(17-21-67)56(76)68-25-23-66(24-26-68)32-38-11-13-41(14-12-38)72-55(63-64-58(72)77)46-29-37(2)50(73)31-51(46)74/h4-14,29,31,40,42-44,73-74H,1,15-18,20-28,30,32-36H2,2-3H3,(H,64,77)/t42-,43-,44-/m0/s1. The second-order valence-corrected chi connectivity index (χ2v) is 21.8. The molecule has 0 spiro atoms. The predicted octanol–water partition coefficient (Wildman–Crippen LogP) is 6.14. The summed E-state index contributed by atoms with van der Waals surface area (Å²) in [4.78, 5) is 52.6. The van der Waals surface area contributed by atoms with E-state index in [2.05, 4.69) is 78.7 Å². The van der Waals surface area contributed by atoms with Crippen LogP contribution in [0.2, 0.25) is 5.02 Å². The van der Waals surface area contributed by atoms with E-state index in [-0.39, 0.29) is 59.6 Å². The number of halogens is 1. The van der Waals surface area contributed by atoms with Crippen LogP contribution < -0.4 is 14.5 Å². The molecule has 2 aromatic heterocycles. The number of rotatable bonds is 13. The Morgan fingerprint density at radius 1 is 0.872 bits per heavy atom. The van der Waals surface area contributed by atoms with Crippen LogP contribution in [0.5, 0.6) is 23.5 Å². The first-order valence-corrected chi connectivity index (χ1v) is 27.4. The van der Waals surface area contributed by atoms with Crippen LogP contribution in [0.15, 0.2) is 85.5 Å². The Bertz CT molecular complexity index is 3250. The molecule has 4 fully saturated rings. The van der Waals surface area contributed by atoms with E-state index < -0.39 is 0 Å². The van der Waals surface area contributed by atoms with Crippen LogP contribution >= 0.6 is 11.6 Å². The molecule has 0 aliphatic carbocycles. The molecule has 0 unspecified atom stereocenters. The fraction of sp³-hybridized carbons (Fsp3) is 0.431. The third kappa shape index (κ3) is 10.6. The van der Waals surface area contributed by atoms with Gasteiger partial charge in [-0.1, -0.05) is 59.7 Å². The van der Waals surface area contributed by atoms with Crippen LogP contribution in [0.1, 0.15) is 48.1 Å². The zero-order valence-corrected chi connectivity index (χ0v) is 45.0. The third-order valence-electron chi connectivity index (χ3n) is 16.7. The number of likely N-dealkylation sites (tertiary alicyclic amines) is 2. The Kier molecular flexibility index (Phi) is 15.1. The Morgan fingerprint density at radius 3 is 2.40 bits per heavy atom. The predicted molar refractivity (Wildman–Crippen MR) is 297 cm³/mol. The monoisotopic (exact) mass is 1080 g/mol. The highest BCUT2D eigenvalue weighted by atomic mass is 35.5. The van der Waals surface area contributed by atoms with Crippen molar-refractivity contribution >= 4 is 45.7 Å². The van der Waals surface area contributed by atoms with E-state index in [9.17, 15) is 30.2 Å². The highest BCUT2D eigenvalue weighted by Gasteiger charge is 2.39. The van der Waals surface area contributed by atoms with Crippen molar-refractivity contribution in [2.75, 3.05) is 95.4 Å². The number of phenols is 2. The number of anilines is 2. The van der Waals surface area contributed by atoms with E-state index in [1.165, 1.54) is 16.7 Å². The fourth-order valence-corrected chi connectivity index (χ4v) is 12.6. The highest BCUT2D eigenvalue weighted by Crippen LogP contribution is 2.39. The highest BCUT2D eigenvalue weighted by molar-refractivity contribution is 6.36. The van der Waals surface area contributed by atoms with Crippen molar-refractivity contribution < 1.29 is 29.6 Å². The first-order chi connectivity index (χ1) is 37.8. The van der Waals surface area contributed by atoms with Crippen molar-refractivity contribution in [1.82, 2.24) is 49.2 Å². The Balaban J connectivity index is 0.689. The average Bonchev–Trinajstić information content (AvgIpc) is 4.06. The number of ether oxygens (including phenoxy) is 1. The summed E-state index contributed by atoms with van der Waals surface area (Å²) in [7, 11) is 2.15. The number of phenolic OH excluding ortho intramolecular Hbond substituents is 2. The van der Waals surface area contributed by atoms with Gasteiger partial charge in [-0.15, -0.1) is 5.10 Å². The summed E-state index contributed by atoms with van der Waals surface area (Å²) in [6, 6.07) is 25.3. The molecular weight excluding hydrogens is 1010 g/mol. The summed E-state index contributed by atoms with van der Waals surface area (Å²) in [6.45, 7) is 14.9. The molecular formula is C58H66ClN13O6. The number of hydrogen-bond donors (Lipinski definition) is 3. The van der Waals surface area contributed by atoms with Crippen molar-refractivity contribution in [3.8, 4) is 46.7 Å². The number of amides is 2. The third-order valence-corrected chi connectivity index (χ3v) is 17.0. The quantitative estimate of drug-likeness (QED) is 0.111. The van der Waals surface area contributed by atoms with Gasteiger partial charge in [-0.2, -0.15) is 15.2 Å². The lowest BCUT2D eigenvalue weighted by Crippen LogP contribution is -2.55. The number of aromatic nitrogens is 5. The lowest BCUT2D eigenvalue weighted by molar-refractivity contribution is -0.139. The number of piperazine rings is 2. The number of nitrogens with zero attached hydrogens (tertiary/aromatic N) is 13. The van der Waals surface area contributed by atoms with E-state index >= 15 is 0 Å². The molecule has 0 bridgehead atoms. The van der Waals surface area contributed by atoms with E-state index in [0.717, 1.165) is 97.6 Å². The Morgan fingerprint density at radius 2 is 1.64 bits per heavy atom. The maximum atomic E-state index is 14.0. The second-order valence-electron chi connectivity index (χ2n) is 21.4. The molecule has 78 heavy (non-hydrogen) atoms. The maximum Gasteiger partial charge on any atom is 0.319 e. The van der Waals surface area contributed by atoms with Gasteiger partial charge in [0.2, 0.25) is 11.8 Å². The number of fused-ring (bicyclic) bond motifs is 2. The molecule has 4 aromatic carbocycles. The summed E-state index contributed by atoms with van der Waals surface area (Å²) >= 11 is 6.83. The average molecular weight is 1080 g/mol. The van der Waals surface area contributed by atoms with E-state index in [4.69, 9.17) is 26.3 Å². The summed E-state index contributed by atoms with van der Waals surface area (Å²) in [5, 5.41) is 51.7. The summed E-state index contributed by atoms with van der Waals surface area (Å²) < 4.78 is 8.08. The summed E-state index contributed by atoms with van der Waals surface area (Å²) in [5.74, 6) is 0.930. The Labute approximate surface area is 459 Å². The van der Waals surface area contributed by atoms with Crippen LogP contribution in [0.3, 0.4) is 0 Å². The SMILES string of the molecule is C=CC(=O)N1CCN(c2nc(OC[C@@H]3C[C@H](N4CCC(C(=O)N5CCN(Cc6ccc(-n7c(O)nnc7-c7cc(C)c(O)cc7O)cc6)CC5)CC4)CN3C)nc3c2CCN(c2cccc4cccc(Cl)c24)C3)C[C@@H]1CC#N.